The third-order valence-electron chi connectivity index (χ3n) is 4.47. The Morgan fingerprint density at radius 2 is 1.87 bits per heavy atom. The van der Waals surface area contributed by atoms with Gasteiger partial charge in [-0.25, -0.2) is 27.5 Å². The van der Waals surface area contributed by atoms with Crippen LogP contribution < -0.4 is 10.0 Å². The van der Waals surface area contributed by atoms with Crippen LogP contribution in [0.3, 0.4) is 0 Å². The molecule has 0 aliphatic heterocycles. The Balaban J connectivity index is 1.58. The highest BCUT2D eigenvalue weighted by molar-refractivity contribution is 7.89. The number of sulfonamides is 1. The zero-order valence-corrected chi connectivity index (χ0v) is 16.5. The van der Waals surface area contributed by atoms with Gasteiger partial charge in [0.15, 0.2) is 0 Å². The Hall–Kier alpha value is -3.63. The van der Waals surface area contributed by atoms with E-state index < -0.39 is 27.3 Å². The number of hydrogen-bond acceptors (Lipinski definition) is 5. The van der Waals surface area contributed by atoms with Crippen molar-refractivity contribution < 1.29 is 17.6 Å². The summed E-state index contributed by atoms with van der Waals surface area (Å²) < 4.78 is 41.8. The summed E-state index contributed by atoms with van der Waals surface area (Å²) in [6, 6.07) is 13.9. The molecule has 0 aliphatic rings. The molecule has 0 bridgehead atoms. The van der Waals surface area contributed by atoms with Crippen LogP contribution in [0.1, 0.15) is 10.4 Å². The molecule has 0 saturated carbocycles. The fraction of sp³-hybridized carbons (Fsp3) is 0.0500. The Kier molecular flexibility index (Phi) is 5.02. The first-order chi connectivity index (χ1) is 14.4. The van der Waals surface area contributed by atoms with Crippen LogP contribution in [0, 0.1) is 5.82 Å². The summed E-state index contributed by atoms with van der Waals surface area (Å²) in [6.45, 7) is 0. The first-order valence-corrected chi connectivity index (χ1v) is 10.3. The minimum atomic E-state index is -3.81. The number of para-hydroxylation sites is 2. The number of nitrogens with zero attached hydrogens (tertiary/aromatic N) is 3. The maximum absolute atomic E-state index is 14.1. The van der Waals surface area contributed by atoms with E-state index in [0.717, 1.165) is 29.2 Å². The normalized spacial score (nSPS) is 11.5. The van der Waals surface area contributed by atoms with Crippen molar-refractivity contribution in [3.05, 3.63) is 78.5 Å². The first-order valence-electron chi connectivity index (χ1n) is 8.82. The summed E-state index contributed by atoms with van der Waals surface area (Å²) in [5.41, 5.74) is 1.64. The van der Waals surface area contributed by atoms with Crippen LogP contribution >= 0.6 is 0 Å². The zero-order valence-electron chi connectivity index (χ0n) is 15.7. The molecular weight excluding hydrogens is 409 g/mol. The topological polar surface area (TPSA) is 106 Å². The standard InChI is InChI=1S/C20H16FN5O3S/c1-22-30(28,29)14-7-8-16(21)15(10-14)20(27)25-13-6-9-19(23-11-13)26-12-24-17-4-2-3-5-18(17)26/h2-12,22H,1H3,(H,25,27). The van der Waals surface area contributed by atoms with Gasteiger partial charge >= 0.3 is 0 Å². The lowest BCUT2D eigenvalue weighted by molar-refractivity contribution is 0.102. The van der Waals surface area contributed by atoms with Crippen LogP contribution in [0.25, 0.3) is 16.9 Å². The van der Waals surface area contributed by atoms with Crippen molar-refractivity contribution in [1.82, 2.24) is 19.3 Å². The number of aromatic nitrogens is 3. The number of carbonyl (C=O) groups excluding carboxylic acids is 1. The van der Waals surface area contributed by atoms with Crippen molar-refractivity contribution in [3.8, 4) is 5.82 Å². The number of rotatable bonds is 5. The highest BCUT2D eigenvalue weighted by Crippen LogP contribution is 2.19. The Labute approximate surface area is 171 Å². The van der Waals surface area contributed by atoms with E-state index in [-0.39, 0.29) is 4.90 Å². The molecule has 2 aromatic heterocycles. The second-order valence-corrected chi connectivity index (χ2v) is 8.20. The van der Waals surface area contributed by atoms with Gasteiger partial charge in [0.2, 0.25) is 10.0 Å². The molecule has 0 spiro atoms. The van der Waals surface area contributed by atoms with Crippen molar-refractivity contribution in [2.75, 3.05) is 12.4 Å². The molecule has 0 fully saturated rings. The Bertz CT molecular complexity index is 1350. The van der Waals surface area contributed by atoms with Crippen LogP contribution in [-0.4, -0.2) is 35.9 Å². The van der Waals surface area contributed by atoms with Gasteiger partial charge in [0, 0.05) is 0 Å². The molecule has 4 rings (SSSR count). The fourth-order valence-corrected chi connectivity index (χ4v) is 3.66. The van der Waals surface area contributed by atoms with E-state index >= 15 is 0 Å². The molecule has 0 atom stereocenters. The molecular formula is C20H16FN5O3S. The maximum Gasteiger partial charge on any atom is 0.258 e. The zero-order chi connectivity index (χ0) is 21.3. The van der Waals surface area contributed by atoms with Gasteiger partial charge < -0.3 is 5.32 Å². The predicted molar refractivity (Wildman–Crippen MR) is 109 cm³/mol. The summed E-state index contributed by atoms with van der Waals surface area (Å²) in [4.78, 5) is 20.9. The molecule has 0 unspecified atom stereocenters. The van der Waals surface area contributed by atoms with Crippen LogP contribution in [0.4, 0.5) is 10.1 Å². The van der Waals surface area contributed by atoms with Gasteiger partial charge in [-0.15, -0.1) is 0 Å². The highest BCUT2D eigenvalue weighted by atomic mass is 32.2. The van der Waals surface area contributed by atoms with Crippen molar-refractivity contribution in [2.24, 2.45) is 0 Å². The number of hydrogen-bond donors (Lipinski definition) is 2. The van der Waals surface area contributed by atoms with Crippen molar-refractivity contribution >= 4 is 32.7 Å². The number of anilines is 1. The van der Waals surface area contributed by atoms with Gasteiger partial charge in [0.25, 0.3) is 5.91 Å². The second-order valence-electron chi connectivity index (χ2n) is 6.31. The number of benzene rings is 2. The quantitative estimate of drug-likeness (QED) is 0.511. The molecule has 2 N–H and O–H groups in total. The number of fused-ring (bicyclic) bond motifs is 1. The Morgan fingerprint density at radius 1 is 1.07 bits per heavy atom. The first kappa shape index (κ1) is 19.7. The molecule has 2 heterocycles. The third-order valence-corrected chi connectivity index (χ3v) is 5.88. The molecule has 152 valence electrons. The van der Waals surface area contributed by atoms with E-state index in [1.807, 2.05) is 24.3 Å². The van der Waals surface area contributed by atoms with E-state index in [9.17, 15) is 17.6 Å². The van der Waals surface area contributed by atoms with E-state index in [4.69, 9.17) is 0 Å². The SMILES string of the molecule is CNS(=O)(=O)c1ccc(F)c(C(=O)Nc2ccc(-n3cnc4ccccc43)nc2)c1. The minimum Gasteiger partial charge on any atom is -0.320 e. The van der Waals surface area contributed by atoms with E-state index in [0.29, 0.717) is 11.5 Å². The van der Waals surface area contributed by atoms with E-state index in [2.05, 4.69) is 20.0 Å². The lowest BCUT2D eigenvalue weighted by Gasteiger charge is -2.09. The number of pyridine rings is 1. The molecule has 8 nitrogen and oxygen atoms in total. The largest absolute Gasteiger partial charge is 0.320 e. The van der Waals surface area contributed by atoms with Crippen LogP contribution in [0.15, 0.2) is 72.0 Å². The van der Waals surface area contributed by atoms with E-state index in [1.54, 1.807) is 23.0 Å². The molecule has 30 heavy (non-hydrogen) atoms. The molecule has 4 aromatic rings. The number of amides is 1. The van der Waals surface area contributed by atoms with Crippen molar-refractivity contribution in [1.29, 1.82) is 0 Å². The smallest absolute Gasteiger partial charge is 0.258 e. The maximum atomic E-state index is 14.1. The average molecular weight is 425 g/mol. The van der Waals surface area contributed by atoms with Gasteiger partial charge in [0.05, 0.1) is 33.4 Å². The predicted octanol–water partition coefficient (Wildman–Crippen LogP) is 2.72. The lowest BCUT2D eigenvalue weighted by atomic mass is 10.2. The summed E-state index contributed by atoms with van der Waals surface area (Å²) in [7, 11) is -2.58. The van der Waals surface area contributed by atoms with Crippen molar-refractivity contribution in [3.63, 3.8) is 0 Å². The third kappa shape index (κ3) is 3.65. The van der Waals surface area contributed by atoms with E-state index in [1.165, 1.54) is 13.2 Å². The summed E-state index contributed by atoms with van der Waals surface area (Å²) in [5, 5.41) is 2.52. The molecule has 0 aliphatic carbocycles. The van der Waals surface area contributed by atoms with Crippen LogP contribution in [0.2, 0.25) is 0 Å². The molecule has 0 saturated heterocycles. The van der Waals surface area contributed by atoms with Gasteiger partial charge in [-0.3, -0.25) is 9.36 Å². The van der Waals surface area contributed by atoms with Gasteiger partial charge in [-0.05, 0) is 49.5 Å². The van der Waals surface area contributed by atoms with Crippen LogP contribution in [-0.2, 0) is 10.0 Å². The lowest BCUT2D eigenvalue weighted by Crippen LogP contribution is -2.20. The molecule has 1 amide bonds. The molecule has 2 aromatic carbocycles. The monoisotopic (exact) mass is 425 g/mol. The Morgan fingerprint density at radius 3 is 2.60 bits per heavy atom. The number of nitrogens with one attached hydrogen (secondary N) is 2. The van der Waals surface area contributed by atoms with Gasteiger partial charge in [-0.2, -0.15) is 0 Å². The van der Waals surface area contributed by atoms with Crippen LogP contribution in [0.5, 0.6) is 0 Å². The van der Waals surface area contributed by atoms with Gasteiger partial charge in [0.1, 0.15) is 18.0 Å². The number of carbonyl (C=O) groups is 1. The fourth-order valence-electron chi connectivity index (χ4n) is 2.91. The number of imidazole rings is 1. The second kappa shape index (κ2) is 7.65. The summed E-state index contributed by atoms with van der Waals surface area (Å²) >= 11 is 0. The average Bonchev–Trinajstić information content (AvgIpc) is 3.18. The summed E-state index contributed by atoms with van der Waals surface area (Å²) in [5.74, 6) is -1.03. The minimum absolute atomic E-state index is 0.211. The molecule has 0 radical (unpaired) electrons. The highest BCUT2D eigenvalue weighted by Gasteiger charge is 2.18. The van der Waals surface area contributed by atoms with Crippen molar-refractivity contribution in [2.45, 2.75) is 4.90 Å². The molecule has 10 heteroatoms. The van der Waals surface area contributed by atoms with Gasteiger partial charge in [-0.1, -0.05) is 12.1 Å². The number of halogens is 1. The summed E-state index contributed by atoms with van der Waals surface area (Å²) in [6.07, 6.45) is 3.07.